The monoisotopic (exact) mass is 223 g/mol. The molecule has 0 aromatic carbocycles. The molecule has 0 aliphatic rings. The fraction of sp³-hybridized carbons (Fsp3) is 1.00. The summed E-state index contributed by atoms with van der Waals surface area (Å²) in [5.41, 5.74) is 0. The smallest absolute Gasteiger partial charge is 0.171 e. The van der Waals surface area contributed by atoms with Gasteiger partial charge in [-0.1, -0.05) is 6.92 Å². The second kappa shape index (κ2) is 7.45. The average molecular weight is 223 g/mol. The van der Waals surface area contributed by atoms with Crippen LogP contribution in [0, 0.1) is 0 Å². The minimum atomic E-state index is -1.34. The van der Waals surface area contributed by atoms with Crippen LogP contribution >= 0.6 is 12.6 Å². The first-order chi connectivity index (χ1) is 6.55. The highest BCUT2D eigenvalue weighted by Crippen LogP contribution is 2.03. The number of hydrogen-bond acceptors (Lipinski definition) is 4. The highest BCUT2D eigenvalue weighted by Gasteiger charge is 2.21. The maximum atomic E-state index is 13.6. The molecule has 0 aromatic heterocycles. The van der Waals surface area contributed by atoms with Crippen molar-refractivity contribution in [1.29, 1.82) is 0 Å². The molecular weight excluding hydrogens is 201 g/mol. The second-order valence-electron chi connectivity index (χ2n) is 3.55. The summed E-state index contributed by atoms with van der Waals surface area (Å²) in [7, 11) is 1.87. The lowest BCUT2D eigenvalue weighted by molar-refractivity contribution is 0.135. The molecule has 14 heavy (non-hydrogen) atoms. The van der Waals surface area contributed by atoms with Crippen LogP contribution in [0.3, 0.4) is 0 Å². The Bertz CT molecular complexity index is 144. The third-order valence-corrected chi connectivity index (χ3v) is 2.38. The van der Waals surface area contributed by atoms with Gasteiger partial charge < -0.3 is 10.6 Å². The number of likely N-dealkylation sites (N-methyl/N-ethyl adjacent to an activating group) is 2. The van der Waals surface area contributed by atoms with Crippen molar-refractivity contribution in [3.63, 3.8) is 0 Å². The zero-order chi connectivity index (χ0) is 11.0. The van der Waals surface area contributed by atoms with Crippen LogP contribution in [0.5, 0.6) is 0 Å². The van der Waals surface area contributed by atoms with Crippen molar-refractivity contribution in [3.05, 3.63) is 0 Å². The first-order valence-electron chi connectivity index (χ1n) is 4.98. The molecule has 86 valence electrons. The van der Waals surface area contributed by atoms with E-state index in [1.807, 2.05) is 14.0 Å². The van der Waals surface area contributed by atoms with Crippen LogP contribution in [0.25, 0.3) is 0 Å². The standard InChI is InChI=1S/C9H22FN3S/c1-4-13-9(2,10)7-12-8(6-14)5-11-3/h8,11-14H,4-7H2,1-3H3/t8-,9+/m0/s1. The van der Waals surface area contributed by atoms with Gasteiger partial charge in [0.05, 0.1) is 0 Å². The van der Waals surface area contributed by atoms with Gasteiger partial charge in [-0.3, -0.25) is 5.32 Å². The lowest BCUT2D eigenvalue weighted by Crippen LogP contribution is -2.51. The molecule has 0 heterocycles. The molecule has 0 aliphatic heterocycles. The van der Waals surface area contributed by atoms with Gasteiger partial charge in [0.25, 0.3) is 0 Å². The molecule has 0 aliphatic carbocycles. The van der Waals surface area contributed by atoms with E-state index in [1.165, 1.54) is 0 Å². The Balaban J connectivity index is 3.76. The number of hydrogen-bond donors (Lipinski definition) is 4. The van der Waals surface area contributed by atoms with Gasteiger partial charge in [0, 0.05) is 24.9 Å². The predicted octanol–water partition coefficient (Wildman–Crippen LogP) is 0.389. The van der Waals surface area contributed by atoms with E-state index in [0.29, 0.717) is 18.8 Å². The molecule has 5 heteroatoms. The largest absolute Gasteiger partial charge is 0.318 e. The molecule has 0 spiro atoms. The van der Waals surface area contributed by atoms with Gasteiger partial charge in [-0.25, -0.2) is 4.39 Å². The highest BCUT2D eigenvalue weighted by molar-refractivity contribution is 7.80. The molecule has 0 saturated carbocycles. The summed E-state index contributed by atoms with van der Waals surface area (Å²) in [6, 6.07) is 0.206. The minimum Gasteiger partial charge on any atom is -0.318 e. The van der Waals surface area contributed by atoms with Gasteiger partial charge in [-0.2, -0.15) is 12.6 Å². The van der Waals surface area contributed by atoms with Crippen molar-refractivity contribution in [2.45, 2.75) is 25.7 Å². The fourth-order valence-corrected chi connectivity index (χ4v) is 1.47. The van der Waals surface area contributed by atoms with E-state index in [9.17, 15) is 4.39 Å². The van der Waals surface area contributed by atoms with E-state index in [2.05, 4.69) is 28.6 Å². The molecule has 3 N–H and O–H groups in total. The summed E-state index contributed by atoms with van der Waals surface area (Å²) in [6.45, 7) is 5.16. The molecule has 0 bridgehead atoms. The normalized spacial score (nSPS) is 17.8. The topological polar surface area (TPSA) is 36.1 Å². The number of thiol groups is 1. The van der Waals surface area contributed by atoms with Gasteiger partial charge in [-0.05, 0) is 20.5 Å². The van der Waals surface area contributed by atoms with E-state index >= 15 is 0 Å². The van der Waals surface area contributed by atoms with E-state index in [4.69, 9.17) is 0 Å². The maximum Gasteiger partial charge on any atom is 0.171 e. The van der Waals surface area contributed by atoms with Crippen LogP contribution in [-0.2, 0) is 0 Å². The van der Waals surface area contributed by atoms with Crippen molar-refractivity contribution in [2.75, 3.05) is 32.4 Å². The molecule has 3 nitrogen and oxygen atoms in total. The van der Waals surface area contributed by atoms with Crippen molar-refractivity contribution in [1.82, 2.24) is 16.0 Å². The molecule has 0 rings (SSSR count). The van der Waals surface area contributed by atoms with Crippen molar-refractivity contribution < 1.29 is 4.39 Å². The quantitative estimate of drug-likeness (QED) is 0.355. The van der Waals surface area contributed by atoms with E-state index < -0.39 is 5.79 Å². The lowest BCUT2D eigenvalue weighted by Gasteiger charge is -2.25. The van der Waals surface area contributed by atoms with E-state index in [0.717, 1.165) is 6.54 Å². The van der Waals surface area contributed by atoms with Gasteiger partial charge in [-0.15, -0.1) is 0 Å². The van der Waals surface area contributed by atoms with E-state index in [-0.39, 0.29) is 6.04 Å². The zero-order valence-corrected chi connectivity index (χ0v) is 10.1. The summed E-state index contributed by atoms with van der Waals surface area (Å²) in [6.07, 6.45) is 0. The van der Waals surface area contributed by atoms with Crippen LogP contribution in [0.15, 0.2) is 0 Å². The molecule has 0 fully saturated rings. The van der Waals surface area contributed by atoms with Gasteiger partial charge in [0.2, 0.25) is 0 Å². The highest BCUT2D eigenvalue weighted by atomic mass is 32.1. The third-order valence-electron chi connectivity index (χ3n) is 1.94. The Morgan fingerprint density at radius 2 is 2.14 bits per heavy atom. The molecule has 0 saturated heterocycles. The van der Waals surface area contributed by atoms with Gasteiger partial charge in [0.15, 0.2) is 5.79 Å². The molecule has 2 atom stereocenters. The molecule has 0 aromatic rings. The molecular formula is C9H22FN3S. The Hall–Kier alpha value is 0.160. The van der Waals surface area contributed by atoms with E-state index in [1.54, 1.807) is 6.92 Å². The minimum absolute atomic E-state index is 0.206. The summed E-state index contributed by atoms with van der Waals surface area (Å²) in [4.78, 5) is 0. The van der Waals surface area contributed by atoms with Crippen LogP contribution < -0.4 is 16.0 Å². The van der Waals surface area contributed by atoms with Crippen molar-refractivity contribution in [2.24, 2.45) is 0 Å². The zero-order valence-electron chi connectivity index (χ0n) is 9.23. The van der Waals surface area contributed by atoms with Crippen molar-refractivity contribution in [3.8, 4) is 0 Å². The Labute approximate surface area is 91.6 Å². The average Bonchev–Trinajstić information content (AvgIpc) is 2.12. The number of nitrogens with one attached hydrogen (secondary N) is 3. The Morgan fingerprint density at radius 1 is 1.50 bits per heavy atom. The summed E-state index contributed by atoms with van der Waals surface area (Å²) < 4.78 is 13.6. The summed E-state index contributed by atoms with van der Waals surface area (Å²) in [5, 5.41) is 8.92. The molecule has 0 unspecified atom stereocenters. The number of alkyl halides is 1. The van der Waals surface area contributed by atoms with Crippen LogP contribution in [0.1, 0.15) is 13.8 Å². The second-order valence-corrected chi connectivity index (χ2v) is 3.91. The van der Waals surface area contributed by atoms with Gasteiger partial charge >= 0.3 is 0 Å². The van der Waals surface area contributed by atoms with Crippen LogP contribution in [-0.4, -0.2) is 44.3 Å². The first kappa shape index (κ1) is 14.2. The third kappa shape index (κ3) is 6.59. The Kier molecular flexibility index (Phi) is 7.54. The summed E-state index contributed by atoms with van der Waals surface area (Å²) in [5.74, 6) is -0.646. The van der Waals surface area contributed by atoms with Crippen LogP contribution in [0.4, 0.5) is 4.39 Å². The fourth-order valence-electron chi connectivity index (χ4n) is 1.21. The van der Waals surface area contributed by atoms with Crippen molar-refractivity contribution >= 4 is 12.6 Å². The molecule has 0 radical (unpaired) electrons. The number of halogens is 1. The summed E-state index contributed by atoms with van der Waals surface area (Å²) >= 11 is 4.19. The van der Waals surface area contributed by atoms with Gasteiger partial charge in [0.1, 0.15) is 0 Å². The van der Waals surface area contributed by atoms with Crippen LogP contribution in [0.2, 0.25) is 0 Å². The molecule has 0 amide bonds. The number of rotatable bonds is 8. The first-order valence-corrected chi connectivity index (χ1v) is 5.61. The predicted molar refractivity (Wildman–Crippen MR) is 62.8 cm³/mol. The Morgan fingerprint density at radius 3 is 2.57 bits per heavy atom. The lowest BCUT2D eigenvalue weighted by atomic mass is 10.2. The SMILES string of the molecule is CCN[C@@](C)(F)CN[C@H](CS)CNC. The maximum absolute atomic E-state index is 13.6.